The first-order valence-electron chi connectivity index (χ1n) is 35.9. The number of hydrogen-bond acceptors (Lipinski definition) is 12. The minimum absolute atomic E-state index is 0.0616. The van der Waals surface area contributed by atoms with E-state index in [2.05, 4.69) is 160 Å². The largest absolute Gasteiger partial charge is 0.457 e. The Morgan fingerprint density at radius 2 is 0.657 bits per heavy atom. The Kier molecular flexibility index (Phi) is 16.4. The minimum atomic E-state index is -0.503. The van der Waals surface area contributed by atoms with Gasteiger partial charge in [-0.05, 0) is 148 Å². The number of ether oxygens (including phenoxy) is 2. The summed E-state index contributed by atoms with van der Waals surface area (Å²) in [5.41, 5.74) is 21.0. The molecule has 5 heterocycles. The smallest absolute Gasteiger partial charge is 0.338 e. The number of anilines is 6. The lowest BCUT2D eigenvalue weighted by Crippen LogP contribution is -2.61. The van der Waals surface area contributed by atoms with Crippen molar-refractivity contribution in [2.24, 2.45) is 0 Å². The highest BCUT2D eigenvalue weighted by Crippen LogP contribution is 2.47. The van der Waals surface area contributed by atoms with Crippen molar-refractivity contribution in [1.29, 1.82) is 0 Å². The quantitative estimate of drug-likeness (QED) is 0.0671. The molecule has 510 valence electrons. The molecule has 0 aliphatic carbocycles. The van der Waals surface area contributed by atoms with E-state index in [1.807, 2.05) is 194 Å². The number of rotatable bonds is 16. The van der Waals surface area contributed by atoms with Crippen LogP contribution in [0.4, 0.5) is 34.1 Å². The topological polar surface area (TPSA) is 141 Å². The van der Waals surface area contributed by atoms with E-state index in [1.165, 1.54) is 16.4 Å². The summed E-state index contributed by atoms with van der Waals surface area (Å²) in [6.45, 7) is 0.101. The van der Waals surface area contributed by atoms with Crippen molar-refractivity contribution in [3.63, 3.8) is 0 Å². The van der Waals surface area contributed by atoms with Crippen molar-refractivity contribution in [1.82, 2.24) is 34.5 Å². The maximum Gasteiger partial charge on any atom is 0.338 e. The van der Waals surface area contributed by atoms with Crippen molar-refractivity contribution in [2.45, 2.75) is 13.2 Å². The summed E-state index contributed by atoms with van der Waals surface area (Å²) in [6, 6.07) is 118. The summed E-state index contributed by atoms with van der Waals surface area (Å²) in [4.78, 5) is 65.6. The van der Waals surface area contributed by atoms with E-state index >= 15 is 0 Å². The second-order valence-electron chi connectivity index (χ2n) is 26.8. The summed E-state index contributed by atoms with van der Waals surface area (Å²) in [6.07, 6.45) is 0. The molecule has 2 aliphatic heterocycles. The van der Waals surface area contributed by atoms with Crippen LogP contribution in [0, 0.1) is 0 Å². The van der Waals surface area contributed by atoms with E-state index in [4.69, 9.17) is 39.4 Å². The standard InChI is InChI=1S/C94H62BN9O4/c105-93(107-59-61-27-8-1-9-28-61)69-48-51-79-74(55-69)75-56-70(94(106)108-60-62-29-10-2-11-30-62)49-52-80(75)104(79)81-50-47-68(91-97-87(63-31-12-3-13-32-63)96-88(98-91)64-33-14-4-15-34-64)54-76(81)92-100-89(65-35-16-5-17-36-65)99-90(101-92)67-38-26-37-66(53-67)71-57-84-86-85(58-71)103(73-41-20-7-21-42-73)83-46-25-23-44-78(83)95(86)77-43-22-24-45-82(77)102(84)72-39-18-6-19-40-72/h1-58H,59-60H2. The molecule has 0 bridgehead atoms. The Morgan fingerprint density at radius 1 is 0.287 bits per heavy atom. The first-order valence-corrected chi connectivity index (χ1v) is 35.9. The molecule has 0 spiro atoms. The van der Waals surface area contributed by atoms with E-state index in [-0.39, 0.29) is 19.9 Å². The van der Waals surface area contributed by atoms with Gasteiger partial charge in [0.05, 0.1) is 27.8 Å². The van der Waals surface area contributed by atoms with Crippen molar-refractivity contribution in [3.05, 3.63) is 374 Å². The zero-order chi connectivity index (χ0) is 72.0. The molecule has 2 aliphatic rings. The molecule has 0 unspecified atom stereocenters. The predicted octanol–water partition coefficient (Wildman–Crippen LogP) is 19.6. The van der Waals surface area contributed by atoms with Crippen LogP contribution in [0.5, 0.6) is 0 Å². The van der Waals surface area contributed by atoms with Crippen LogP contribution in [-0.2, 0) is 22.7 Å². The molecule has 14 heteroatoms. The summed E-state index contributed by atoms with van der Waals surface area (Å²) in [5.74, 6) is 1.61. The van der Waals surface area contributed by atoms with Crippen molar-refractivity contribution >= 4 is 91.0 Å². The van der Waals surface area contributed by atoms with Gasteiger partial charge in [-0.15, -0.1) is 0 Å². The molecule has 17 aromatic rings. The number of nitrogens with zero attached hydrogens (tertiary/aromatic N) is 9. The first-order chi connectivity index (χ1) is 53.4. The van der Waals surface area contributed by atoms with Gasteiger partial charge in [-0.25, -0.2) is 39.5 Å². The molecule has 0 amide bonds. The van der Waals surface area contributed by atoms with E-state index in [9.17, 15) is 9.59 Å². The van der Waals surface area contributed by atoms with Crippen molar-refractivity contribution in [3.8, 4) is 85.1 Å². The summed E-state index contributed by atoms with van der Waals surface area (Å²) in [5, 5.41) is 1.36. The maximum atomic E-state index is 14.3. The van der Waals surface area contributed by atoms with Crippen LogP contribution in [0.2, 0.25) is 0 Å². The van der Waals surface area contributed by atoms with Crippen LogP contribution in [0.1, 0.15) is 31.8 Å². The van der Waals surface area contributed by atoms with E-state index in [1.54, 1.807) is 12.1 Å². The van der Waals surface area contributed by atoms with Crippen molar-refractivity contribution < 1.29 is 19.1 Å². The third-order valence-electron chi connectivity index (χ3n) is 20.1. The molecule has 13 nitrogen and oxygen atoms in total. The number of aromatic nitrogens is 7. The Bertz CT molecular complexity index is 6030. The van der Waals surface area contributed by atoms with Crippen LogP contribution in [0.15, 0.2) is 352 Å². The highest BCUT2D eigenvalue weighted by Gasteiger charge is 2.43. The van der Waals surface area contributed by atoms with Gasteiger partial charge < -0.3 is 23.8 Å². The first kappa shape index (κ1) is 64.4. The average molecular weight is 1390 g/mol. The maximum absolute atomic E-state index is 14.3. The highest BCUT2D eigenvalue weighted by atomic mass is 16.5. The van der Waals surface area contributed by atoms with E-state index in [0.717, 1.165) is 89.7 Å². The summed E-state index contributed by atoms with van der Waals surface area (Å²) >= 11 is 0. The van der Waals surface area contributed by atoms with Gasteiger partial charge in [0.25, 0.3) is 6.71 Å². The van der Waals surface area contributed by atoms with Gasteiger partial charge in [-0.3, -0.25) is 0 Å². The molecule has 0 atom stereocenters. The predicted molar refractivity (Wildman–Crippen MR) is 431 cm³/mol. The molecular weight excluding hydrogens is 1330 g/mol. The summed E-state index contributed by atoms with van der Waals surface area (Å²) in [7, 11) is 0. The zero-order valence-electron chi connectivity index (χ0n) is 58.1. The Hall–Kier alpha value is -14.5. The molecule has 0 saturated heterocycles. The zero-order valence-corrected chi connectivity index (χ0v) is 58.1. The Labute approximate surface area is 623 Å². The lowest BCUT2D eigenvalue weighted by Gasteiger charge is -2.44. The van der Waals surface area contributed by atoms with Gasteiger partial charge in [-0.2, -0.15) is 0 Å². The normalized spacial score (nSPS) is 12.0. The second kappa shape index (κ2) is 27.6. The van der Waals surface area contributed by atoms with Crippen LogP contribution < -0.4 is 26.2 Å². The third kappa shape index (κ3) is 11.9. The molecule has 3 aromatic heterocycles. The van der Waals surface area contributed by atoms with E-state index < -0.39 is 11.9 Å². The van der Waals surface area contributed by atoms with Crippen molar-refractivity contribution in [2.75, 3.05) is 9.80 Å². The van der Waals surface area contributed by atoms with Gasteiger partial charge in [0.2, 0.25) is 0 Å². The molecule has 0 fully saturated rings. The number of benzene rings is 14. The molecule has 19 rings (SSSR count). The Morgan fingerprint density at radius 3 is 1.11 bits per heavy atom. The molecule has 0 radical (unpaired) electrons. The van der Waals surface area contributed by atoms with Crippen LogP contribution in [-0.4, -0.2) is 53.1 Å². The van der Waals surface area contributed by atoms with E-state index in [0.29, 0.717) is 73.7 Å². The highest BCUT2D eigenvalue weighted by molar-refractivity contribution is 7.00. The molecule has 108 heavy (non-hydrogen) atoms. The fourth-order valence-corrected chi connectivity index (χ4v) is 15.1. The molecular formula is C94H62BN9O4. The minimum Gasteiger partial charge on any atom is -0.457 e. The molecule has 0 saturated carbocycles. The number of esters is 2. The lowest BCUT2D eigenvalue weighted by molar-refractivity contribution is 0.0464. The SMILES string of the molecule is O=C(OCc1ccccc1)c1ccc2c(c1)c1cc(C(=O)OCc3ccccc3)ccc1n2-c1ccc(-c2nc(-c3ccccc3)nc(-c3ccccc3)n2)cc1-c1nc(-c2ccccc2)nc(-c2cccc(-c3cc4c5c(c3)N(c3ccccc3)c3ccccc3B5c3ccccc3N4c3ccccc3)c2)n1. The van der Waals surface area contributed by atoms with Crippen LogP contribution in [0.25, 0.3) is 107 Å². The van der Waals surface area contributed by atoms with Gasteiger partial charge in [0.15, 0.2) is 34.9 Å². The van der Waals surface area contributed by atoms with Gasteiger partial charge >= 0.3 is 11.9 Å². The Balaban J connectivity index is 0.824. The van der Waals surface area contributed by atoms with Crippen LogP contribution in [0.3, 0.4) is 0 Å². The molecule has 14 aromatic carbocycles. The number of fused-ring (bicyclic) bond motifs is 7. The van der Waals surface area contributed by atoms with Crippen LogP contribution >= 0.6 is 0 Å². The third-order valence-corrected chi connectivity index (χ3v) is 20.1. The lowest BCUT2D eigenvalue weighted by atomic mass is 9.33. The number of para-hydroxylation sites is 4. The number of carbonyl (C=O) groups excluding carboxylic acids is 2. The summed E-state index contributed by atoms with van der Waals surface area (Å²) < 4.78 is 14.1. The fourth-order valence-electron chi connectivity index (χ4n) is 15.1. The van der Waals surface area contributed by atoms with Gasteiger partial charge in [0.1, 0.15) is 13.2 Å². The average Bonchev–Trinajstić information content (AvgIpc) is 1.03. The second-order valence-corrected chi connectivity index (χ2v) is 26.8. The van der Waals surface area contributed by atoms with Gasteiger partial charge in [0, 0.05) is 78.3 Å². The number of carbonyl (C=O) groups is 2. The van der Waals surface area contributed by atoms with Gasteiger partial charge in [-0.1, -0.05) is 243 Å². The monoisotopic (exact) mass is 1390 g/mol. The number of hydrogen-bond donors (Lipinski definition) is 0. The molecule has 0 N–H and O–H groups in total. The fraction of sp³-hybridized carbons (Fsp3) is 0.0213.